The predicted octanol–water partition coefficient (Wildman–Crippen LogP) is 2.73. The molecule has 0 spiro atoms. The van der Waals surface area contributed by atoms with Crippen LogP contribution in [0.25, 0.3) is 0 Å². The molecule has 33 heavy (non-hydrogen) atoms. The number of ether oxygens (including phenoxy) is 2. The standard InChI is InChI=1S/C24H30N2O6S/c1-3-32-24(28)19-8-10-22(11-9-19)33(29,30)26-14-12-18(13-15-26)23(27)25-16-20-6-4-5-7-21(20)17-31-2/h4-11,18H,3,12-17H2,1-2H3,(H,25,27). The van der Waals surface area contributed by atoms with E-state index in [2.05, 4.69) is 5.32 Å². The van der Waals surface area contributed by atoms with Crippen molar-refractivity contribution in [3.05, 3.63) is 65.2 Å². The zero-order chi connectivity index (χ0) is 23.8. The van der Waals surface area contributed by atoms with Crippen molar-refractivity contribution in [1.82, 2.24) is 9.62 Å². The van der Waals surface area contributed by atoms with E-state index in [1.165, 1.54) is 28.6 Å². The summed E-state index contributed by atoms with van der Waals surface area (Å²) in [5.41, 5.74) is 2.33. The number of nitrogens with zero attached hydrogens (tertiary/aromatic N) is 1. The number of carbonyl (C=O) groups excluding carboxylic acids is 2. The second-order valence-electron chi connectivity index (χ2n) is 7.84. The fourth-order valence-corrected chi connectivity index (χ4v) is 5.31. The van der Waals surface area contributed by atoms with Crippen molar-refractivity contribution < 1.29 is 27.5 Å². The van der Waals surface area contributed by atoms with Gasteiger partial charge in [-0.15, -0.1) is 0 Å². The number of hydrogen-bond donors (Lipinski definition) is 1. The first-order chi connectivity index (χ1) is 15.9. The van der Waals surface area contributed by atoms with Crippen LogP contribution in [0.5, 0.6) is 0 Å². The molecule has 1 aliphatic heterocycles. The molecule has 9 heteroatoms. The van der Waals surface area contributed by atoms with Gasteiger partial charge in [0.2, 0.25) is 15.9 Å². The molecular weight excluding hydrogens is 444 g/mol. The lowest BCUT2D eigenvalue weighted by Crippen LogP contribution is -2.42. The van der Waals surface area contributed by atoms with Gasteiger partial charge in [0.1, 0.15) is 0 Å². The fourth-order valence-electron chi connectivity index (χ4n) is 3.84. The van der Waals surface area contributed by atoms with Gasteiger partial charge in [-0.25, -0.2) is 13.2 Å². The number of nitrogens with one attached hydrogen (secondary N) is 1. The van der Waals surface area contributed by atoms with Crippen LogP contribution < -0.4 is 5.32 Å². The van der Waals surface area contributed by atoms with E-state index in [4.69, 9.17) is 9.47 Å². The minimum Gasteiger partial charge on any atom is -0.462 e. The molecule has 2 aromatic rings. The van der Waals surface area contributed by atoms with E-state index in [0.717, 1.165) is 11.1 Å². The summed E-state index contributed by atoms with van der Waals surface area (Å²) in [5, 5.41) is 2.97. The fraction of sp³-hybridized carbons (Fsp3) is 0.417. The predicted molar refractivity (Wildman–Crippen MR) is 123 cm³/mol. The van der Waals surface area contributed by atoms with Crippen molar-refractivity contribution in [1.29, 1.82) is 0 Å². The average molecular weight is 475 g/mol. The third kappa shape index (κ3) is 6.19. The van der Waals surface area contributed by atoms with Crippen molar-refractivity contribution >= 4 is 21.9 Å². The van der Waals surface area contributed by atoms with Gasteiger partial charge in [-0.1, -0.05) is 24.3 Å². The van der Waals surface area contributed by atoms with Gasteiger partial charge in [0, 0.05) is 32.7 Å². The van der Waals surface area contributed by atoms with Crippen molar-refractivity contribution in [2.75, 3.05) is 26.8 Å². The summed E-state index contributed by atoms with van der Waals surface area (Å²) in [6, 6.07) is 13.5. The molecule has 0 atom stereocenters. The highest BCUT2D eigenvalue weighted by Crippen LogP contribution is 2.24. The van der Waals surface area contributed by atoms with Crippen molar-refractivity contribution in [3.8, 4) is 0 Å². The third-order valence-corrected chi connectivity index (χ3v) is 7.61. The van der Waals surface area contributed by atoms with E-state index in [9.17, 15) is 18.0 Å². The Balaban J connectivity index is 1.55. The number of amides is 1. The van der Waals surface area contributed by atoms with E-state index in [-0.39, 0.29) is 36.4 Å². The number of methoxy groups -OCH3 is 1. The Hall–Kier alpha value is -2.75. The zero-order valence-corrected chi connectivity index (χ0v) is 19.8. The summed E-state index contributed by atoms with van der Waals surface area (Å²) >= 11 is 0. The lowest BCUT2D eigenvalue weighted by atomic mass is 9.97. The molecule has 0 aromatic heterocycles. The SMILES string of the molecule is CCOC(=O)c1ccc(S(=O)(=O)N2CCC(C(=O)NCc3ccccc3COC)CC2)cc1. The number of sulfonamides is 1. The average Bonchev–Trinajstić information content (AvgIpc) is 2.84. The summed E-state index contributed by atoms with van der Waals surface area (Å²) in [6.45, 7) is 3.37. The second-order valence-corrected chi connectivity index (χ2v) is 9.78. The first-order valence-corrected chi connectivity index (χ1v) is 12.4. The number of benzene rings is 2. The van der Waals surface area contributed by atoms with E-state index < -0.39 is 16.0 Å². The summed E-state index contributed by atoms with van der Waals surface area (Å²) in [5.74, 6) is -0.798. The summed E-state index contributed by atoms with van der Waals surface area (Å²) in [6.07, 6.45) is 0.900. The molecule has 1 aliphatic rings. The summed E-state index contributed by atoms with van der Waals surface area (Å²) < 4.78 is 37.5. The molecule has 8 nitrogen and oxygen atoms in total. The van der Waals surface area contributed by atoms with Gasteiger partial charge in [-0.05, 0) is 55.2 Å². The monoisotopic (exact) mass is 474 g/mol. The maximum atomic E-state index is 13.0. The molecule has 1 amide bonds. The minimum atomic E-state index is -3.70. The van der Waals surface area contributed by atoms with E-state index in [0.29, 0.717) is 31.6 Å². The molecule has 2 aromatic carbocycles. The largest absolute Gasteiger partial charge is 0.462 e. The molecule has 178 valence electrons. The molecule has 3 rings (SSSR count). The maximum Gasteiger partial charge on any atom is 0.338 e. The number of carbonyl (C=O) groups is 2. The van der Waals surface area contributed by atoms with Gasteiger partial charge in [0.05, 0.1) is 23.7 Å². The van der Waals surface area contributed by atoms with Crippen LogP contribution in [0.2, 0.25) is 0 Å². The highest BCUT2D eigenvalue weighted by Gasteiger charge is 2.32. The van der Waals surface area contributed by atoms with Crippen LogP contribution in [0, 0.1) is 5.92 Å². The summed E-state index contributed by atoms with van der Waals surface area (Å²) in [4.78, 5) is 24.6. The van der Waals surface area contributed by atoms with E-state index in [1.807, 2.05) is 24.3 Å². The van der Waals surface area contributed by atoms with Crippen LogP contribution in [0.4, 0.5) is 0 Å². The number of piperidine rings is 1. The van der Waals surface area contributed by atoms with Gasteiger partial charge < -0.3 is 14.8 Å². The molecule has 1 saturated heterocycles. The normalized spacial score (nSPS) is 15.2. The molecule has 0 aliphatic carbocycles. The zero-order valence-electron chi connectivity index (χ0n) is 19.0. The Bertz CT molecular complexity index is 1060. The Morgan fingerprint density at radius 2 is 1.67 bits per heavy atom. The van der Waals surface area contributed by atoms with Gasteiger partial charge in [-0.2, -0.15) is 4.31 Å². The molecule has 1 heterocycles. The smallest absolute Gasteiger partial charge is 0.338 e. The van der Waals surface area contributed by atoms with Crippen LogP contribution in [0.15, 0.2) is 53.4 Å². The number of hydrogen-bond acceptors (Lipinski definition) is 6. The lowest BCUT2D eigenvalue weighted by Gasteiger charge is -2.30. The molecule has 1 N–H and O–H groups in total. The van der Waals surface area contributed by atoms with Gasteiger partial charge >= 0.3 is 5.97 Å². The van der Waals surface area contributed by atoms with Crippen LogP contribution in [-0.4, -0.2) is 51.4 Å². The first-order valence-electron chi connectivity index (χ1n) is 11.0. The Kier molecular flexibility index (Phi) is 8.60. The van der Waals surface area contributed by atoms with E-state index >= 15 is 0 Å². The number of rotatable bonds is 9. The van der Waals surface area contributed by atoms with Crippen LogP contribution in [-0.2, 0) is 37.4 Å². The van der Waals surface area contributed by atoms with Crippen molar-refractivity contribution in [2.45, 2.75) is 37.8 Å². The van der Waals surface area contributed by atoms with Crippen molar-refractivity contribution in [3.63, 3.8) is 0 Å². The van der Waals surface area contributed by atoms with Crippen LogP contribution in [0.1, 0.15) is 41.3 Å². The topological polar surface area (TPSA) is 102 Å². The summed E-state index contributed by atoms with van der Waals surface area (Å²) in [7, 11) is -2.07. The van der Waals surface area contributed by atoms with Gasteiger partial charge in [0.15, 0.2) is 0 Å². The Morgan fingerprint density at radius 3 is 2.27 bits per heavy atom. The first kappa shape index (κ1) is 24.9. The molecule has 0 unspecified atom stereocenters. The van der Waals surface area contributed by atoms with Gasteiger partial charge in [0.25, 0.3) is 0 Å². The van der Waals surface area contributed by atoms with Gasteiger partial charge in [-0.3, -0.25) is 4.79 Å². The highest BCUT2D eigenvalue weighted by atomic mass is 32.2. The molecule has 0 saturated carbocycles. The van der Waals surface area contributed by atoms with Crippen LogP contribution >= 0.6 is 0 Å². The third-order valence-electron chi connectivity index (χ3n) is 5.70. The minimum absolute atomic E-state index is 0.0712. The lowest BCUT2D eigenvalue weighted by molar-refractivity contribution is -0.126. The van der Waals surface area contributed by atoms with Crippen LogP contribution in [0.3, 0.4) is 0 Å². The molecule has 0 radical (unpaired) electrons. The Morgan fingerprint density at radius 1 is 1.03 bits per heavy atom. The van der Waals surface area contributed by atoms with Crippen molar-refractivity contribution in [2.24, 2.45) is 5.92 Å². The second kappa shape index (κ2) is 11.4. The number of esters is 1. The molecular formula is C24H30N2O6S. The quantitative estimate of drug-likeness (QED) is 0.561. The molecule has 1 fully saturated rings. The molecule has 0 bridgehead atoms. The van der Waals surface area contributed by atoms with E-state index in [1.54, 1.807) is 14.0 Å². The maximum absolute atomic E-state index is 13.0. The Labute approximate surface area is 194 Å². The highest BCUT2D eigenvalue weighted by molar-refractivity contribution is 7.89.